The molecule has 1 aromatic carbocycles. The van der Waals surface area contributed by atoms with E-state index in [9.17, 15) is 18.5 Å². The Labute approximate surface area is 133 Å². The predicted molar refractivity (Wildman–Crippen MR) is 79.8 cm³/mol. The van der Waals surface area contributed by atoms with Crippen LogP contribution in [0.4, 0.5) is 11.4 Å². The molecule has 1 N–H and O–H groups in total. The Morgan fingerprint density at radius 1 is 1.48 bits per heavy atom. The summed E-state index contributed by atoms with van der Waals surface area (Å²) < 4.78 is 28.3. The number of hydrogen-bond donors (Lipinski definition) is 1. The number of nitro groups is 1. The molecule has 0 fully saturated rings. The van der Waals surface area contributed by atoms with Gasteiger partial charge in [0.1, 0.15) is 5.15 Å². The minimum atomic E-state index is -4.05. The number of non-ortho nitro benzene ring substituents is 1. The van der Waals surface area contributed by atoms with Crippen LogP contribution < -0.4 is 4.72 Å². The maximum absolute atomic E-state index is 12.2. The van der Waals surface area contributed by atoms with E-state index < -0.39 is 14.9 Å². The van der Waals surface area contributed by atoms with Gasteiger partial charge in [0.15, 0.2) is 0 Å². The van der Waals surface area contributed by atoms with Crippen molar-refractivity contribution < 1.29 is 13.3 Å². The Bertz CT molecular complexity index is 820. The second-order valence-corrected chi connectivity index (χ2v) is 6.79. The van der Waals surface area contributed by atoms with E-state index in [1.165, 1.54) is 30.1 Å². The summed E-state index contributed by atoms with van der Waals surface area (Å²) in [5.41, 5.74) is -0.228. The molecule has 0 aliphatic carbocycles. The number of benzene rings is 1. The van der Waals surface area contributed by atoms with Crippen LogP contribution in [0.5, 0.6) is 0 Å². The molecular weight excluding hydrogens is 388 g/mol. The first kappa shape index (κ1) is 15.7. The highest BCUT2D eigenvalue weighted by molar-refractivity contribution is 9.10. The van der Waals surface area contributed by atoms with Crippen LogP contribution in [-0.2, 0) is 17.1 Å². The number of sulfonamides is 1. The Balaban J connectivity index is 2.44. The molecule has 0 saturated heterocycles. The molecule has 1 heterocycles. The zero-order valence-corrected chi connectivity index (χ0v) is 13.6. The number of rotatable bonds is 4. The number of imidazole rings is 1. The van der Waals surface area contributed by atoms with Crippen molar-refractivity contribution in [2.45, 2.75) is 5.03 Å². The molecule has 0 aliphatic heterocycles. The van der Waals surface area contributed by atoms with Crippen molar-refractivity contribution in [3.8, 4) is 0 Å². The van der Waals surface area contributed by atoms with Crippen molar-refractivity contribution in [2.75, 3.05) is 4.72 Å². The number of nitrogens with zero attached hydrogens (tertiary/aromatic N) is 3. The van der Waals surface area contributed by atoms with Crippen molar-refractivity contribution in [1.29, 1.82) is 0 Å². The molecule has 11 heteroatoms. The fourth-order valence-corrected chi connectivity index (χ4v) is 3.45. The number of halogens is 2. The molecule has 0 saturated carbocycles. The van der Waals surface area contributed by atoms with Gasteiger partial charge in [0.2, 0.25) is 5.03 Å². The summed E-state index contributed by atoms with van der Waals surface area (Å²) in [5, 5.41) is 10.3. The lowest BCUT2D eigenvalue weighted by Crippen LogP contribution is -2.14. The minimum Gasteiger partial charge on any atom is -0.324 e. The average Bonchev–Trinajstić information content (AvgIpc) is 2.73. The van der Waals surface area contributed by atoms with Crippen molar-refractivity contribution in [2.24, 2.45) is 7.05 Å². The largest absolute Gasteiger partial charge is 0.324 e. The SMILES string of the molecule is Cn1cnc(S(=O)(=O)Nc2cc([N+](=O)[O-])ccc2Br)c1Cl. The van der Waals surface area contributed by atoms with E-state index in [1.807, 2.05) is 0 Å². The molecule has 0 unspecified atom stereocenters. The maximum atomic E-state index is 12.2. The summed E-state index contributed by atoms with van der Waals surface area (Å²) in [6.45, 7) is 0. The molecule has 2 aromatic rings. The van der Waals surface area contributed by atoms with Crippen molar-refractivity contribution in [3.63, 3.8) is 0 Å². The summed E-state index contributed by atoms with van der Waals surface area (Å²) >= 11 is 8.96. The zero-order chi connectivity index (χ0) is 15.8. The Hall–Kier alpha value is -1.65. The standard InChI is InChI=1S/C10H8BrClN4O4S/c1-15-5-13-10(9(15)12)21(19,20)14-8-4-6(16(17)18)2-3-7(8)11/h2-5,14H,1H3. The fourth-order valence-electron chi connectivity index (χ4n) is 1.47. The molecule has 2 rings (SSSR count). The smallest absolute Gasteiger partial charge is 0.282 e. The van der Waals surface area contributed by atoms with Crippen LogP contribution >= 0.6 is 27.5 Å². The van der Waals surface area contributed by atoms with Gasteiger partial charge in [-0.3, -0.25) is 14.8 Å². The lowest BCUT2D eigenvalue weighted by Gasteiger charge is -2.08. The summed E-state index contributed by atoms with van der Waals surface area (Å²) in [6, 6.07) is 3.71. The van der Waals surface area contributed by atoms with Crippen LogP contribution in [0.3, 0.4) is 0 Å². The van der Waals surface area contributed by atoms with E-state index in [0.29, 0.717) is 4.47 Å². The van der Waals surface area contributed by atoms with E-state index in [2.05, 4.69) is 25.6 Å². The Morgan fingerprint density at radius 3 is 2.67 bits per heavy atom. The molecule has 8 nitrogen and oxygen atoms in total. The molecule has 1 aromatic heterocycles. The van der Waals surface area contributed by atoms with Crippen LogP contribution in [0.2, 0.25) is 5.15 Å². The van der Waals surface area contributed by atoms with Gasteiger partial charge in [-0.1, -0.05) is 11.6 Å². The third-order valence-corrected chi connectivity index (χ3v) is 5.04. The third kappa shape index (κ3) is 3.17. The second kappa shape index (κ2) is 5.62. The monoisotopic (exact) mass is 394 g/mol. The van der Waals surface area contributed by atoms with E-state index in [0.717, 1.165) is 6.07 Å². The van der Waals surface area contributed by atoms with Crippen LogP contribution in [0, 0.1) is 10.1 Å². The lowest BCUT2D eigenvalue weighted by atomic mass is 10.3. The number of aryl methyl sites for hydroxylation is 1. The molecule has 0 amide bonds. The Morgan fingerprint density at radius 2 is 2.14 bits per heavy atom. The first-order chi connectivity index (χ1) is 9.72. The first-order valence-corrected chi connectivity index (χ1v) is 8.01. The zero-order valence-electron chi connectivity index (χ0n) is 10.4. The third-order valence-electron chi connectivity index (χ3n) is 2.49. The van der Waals surface area contributed by atoms with Gasteiger partial charge in [0.25, 0.3) is 15.7 Å². The molecule has 0 aliphatic rings. The van der Waals surface area contributed by atoms with E-state index in [-0.39, 0.29) is 21.6 Å². The van der Waals surface area contributed by atoms with Crippen LogP contribution in [-0.4, -0.2) is 22.9 Å². The van der Waals surface area contributed by atoms with E-state index >= 15 is 0 Å². The van der Waals surface area contributed by atoms with Gasteiger partial charge in [-0.15, -0.1) is 0 Å². The average molecular weight is 396 g/mol. The fraction of sp³-hybridized carbons (Fsp3) is 0.100. The summed E-state index contributed by atoms with van der Waals surface area (Å²) in [5.74, 6) is 0. The van der Waals surface area contributed by atoms with Crippen molar-refractivity contribution in [3.05, 3.63) is 44.3 Å². The van der Waals surface area contributed by atoms with Gasteiger partial charge in [-0.05, 0) is 22.0 Å². The van der Waals surface area contributed by atoms with Crippen LogP contribution in [0.25, 0.3) is 0 Å². The topological polar surface area (TPSA) is 107 Å². The highest BCUT2D eigenvalue weighted by atomic mass is 79.9. The summed E-state index contributed by atoms with van der Waals surface area (Å²) in [7, 11) is -2.52. The quantitative estimate of drug-likeness (QED) is 0.632. The molecule has 112 valence electrons. The molecule has 21 heavy (non-hydrogen) atoms. The van der Waals surface area contributed by atoms with Crippen molar-refractivity contribution in [1.82, 2.24) is 9.55 Å². The van der Waals surface area contributed by atoms with Gasteiger partial charge < -0.3 is 4.57 Å². The van der Waals surface area contributed by atoms with Crippen LogP contribution in [0.1, 0.15) is 0 Å². The van der Waals surface area contributed by atoms with Gasteiger partial charge in [-0.2, -0.15) is 8.42 Å². The number of aromatic nitrogens is 2. The van der Waals surface area contributed by atoms with E-state index in [4.69, 9.17) is 11.6 Å². The number of anilines is 1. The van der Waals surface area contributed by atoms with Crippen LogP contribution in [0.15, 0.2) is 34.0 Å². The molecule has 0 bridgehead atoms. The van der Waals surface area contributed by atoms with E-state index in [1.54, 1.807) is 0 Å². The van der Waals surface area contributed by atoms with Gasteiger partial charge in [0.05, 0.1) is 16.9 Å². The van der Waals surface area contributed by atoms with Crippen molar-refractivity contribution >= 4 is 48.9 Å². The summed E-state index contributed by atoms with van der Waals surface area (Å²) in [4.78, 5) is 13.8. The number of nitro benzene ring substituents is 1. The molecular formula is C10H8BrClN4O4S. The van der Waals surface area contributed by atoms with Gasteiger partial charge in [0, 0.05) is 23.7 Å². The summed E-state index contributed by atoms with van der Waals surface area (Å²) in [6.07, 6.45) is 1.25. The maximum Gasteiger partial charge on any atom is 0.282 e. The number of nitrogens with one attached hydrogen (secondary N) is 1. The lowest BCUT2D eigenvalue weighted by molar-refractivity contribution is -0.384. The van der Waals surface area contributed by atoms with Gasteiger partial charge >= 0.3 is 0 Å². The molecule has 0 atom stereocenters. The Kier molecular flexibility index (Phi) is 4.21. The minimum absolute atomic E-state index is 0.0194. The predicted octanol–water partition coefficient (Wildman–Crippen LogP) is 2.54. The second-order valence-electron chi connectivity index (χ2n) is 3.98. The van der Waals surface area contributed by atoms with Gasteiger partial charge in [-0.25, -0.2) is 4.98 Å². The normalized spacial score (nSPS) is 11.4. The highest BCUT2D eigenvalue weighted by Crippen LogP contribution is 2.30. The highest BCUT2D eigenvalue weighted by Gasteiger charge is 2.24. The molecule has 0 radical (unpaired) electrons. The molecule has 0 spiro atoms. The number of hydrogen-bond acceptors (Lipinski definition) is 5. The first-order valence-electron chi connectivity index (χ1n) is 5.36.